The first kappa shape index (κ1) is 28.7. The first-order valence-corrected chi connectivity index (χ1v) is 14.9. The van der Waals surface area contributed by atoms with Crippen LogP contribution in [0.15, 0.2) is 91.0 Å². The van der Waals surface area contributed by atoms with Gasteiger partial charge in [0.15, 0.2) is 0 Å². The van der Waals surface area contributed by atoms with E-state index in [-0.39, 0.29) is 11.0 Å². The second-order valence-electron chi connectivity index (χ2n) is 9.54. The van der Waals surface area contributed by atoms with Crippen LogP contribution in [0.4, 0.5) is 5.69 Å². The fourth-order valence-electron chi connectivity index (χ4n) is 4.56. The number of carbonyl (C=O) groups is 2. The van der Waals surface area contributed by atoms with E-state index in [1.54, 1.807) is 4.90 Å². The Morgan fingerprint density at radius 3 is 1.70 bits per heavy atom. The molecule has 0 fully saturated rings. The van der Waals surface area contributed by atoms with E-state index in [1.807, 2.05) is 91.0 Å². The molecular formula is C33H41NO2S. The third-order valence-electron chi connectivity index (χ3n) is 6.61. The van der Waals surface area contributed by atoms with Crippen LogP contribution in [0.25, 0.3) is 0 Å². The van der Waals surface area contributed by atoms with Crippen molar-refractivity contribution in [3.8, 4) is 0 Å². The number of carbonyl (C=O) groups excluding carboxylic acids is 2. The molecule has 3 aromatic rings. The Hall–Kier alpha value is -2.85. The van der Waals surface area contributed by atoms with Crippen molar-refractivity contribution in [3.63, 3.8) is 0 Å². The van der Waals surface area contributed by atoms with Gasteiger partial charge in [-0.15, -0.1) is 0 Å². The second-order valence-corrected chi connectivity index (χ2v) is 10.6. The zero-order valence-corrected chi connectivity index (χ0v) is 23.0. The van der Waals surface area contributed by atoms with Crippen LogP contribution in [0, 0.1) is 0 Å². The molecule has 0 saturated carbocycles. The maximum absolute atomic E-state index is 13.8. The van der Waals surface area contributed by atoms with Crippen LogP contribution in [-0.4, -0.2) is 16.8 Å². The molecule has 0 bridgehead atoms. The number of hydrogen-bond donors (Lipinski definition) is 0. The van der Waals surface area contributed by atoms with Crippen LogP contribution in [0.3, 0.4) is 0 Å². The first-order valence-electron chi connectivity index (χ1n) is 13.9. The van der Waals surface area contributed by atoms with Gasteiger partial charge in [-0.25, -0.2) is 0 Å². The van der Waals surface area contributed by atoms with E-state index in [9.17, 15) is 9.59 Å². The predicted molar refractivity (Wildman–Crippen MR) is 158 cm³/mol. The van der Waals surface area contributed by atoms with Gasteiger partial charge < -0.3 is 0 Å². The molecule has 0 aliphatic rings. The van der Waals surface area contributed by atoms with Gasteiger partial charge in [0.05, 0.1) is 0 Å². The number of amides is 1. The molecule has 3 nitrogen and oxygen atoms in total. The summed E-state index contributed by atoms with van der Waals surface area (Å²) in [6.45, 7) is 2.26. The summed E-state index contributed by atoms with van der Waals surface area (Å²) in [4.78, 5) is 29.2. The zero-order chi connectivity index (χ0) is 26.1. The highest BCUT2D eigenvalue weighted by atomic mass is 32.2. The summed E-state index contributed by atoms with van der Waals surface area (Å²) in [5.74, 6) is 0.606. The third kappa shape index (κ3) is 9.51. The largest absolute Gasteiger partial charge is 0.293 e. The van der Waals surface area contributed by atoms with Gasteiger partial charge in [0.25, 0.3) is 5.91 Å². The fraction of sp³-hybridized carbons (Fsp3) is 0.394. The van der Waals surface area contributed by atoms with Gasteiger partial charge in [0, 0.05) is 17.0 Å². The topological polar surface area (TPSA) is 37.4 Å². The van der Waals surface area contributed by atoms with Crippen molar-refractivity contribution >= 4 is 28.5 Å². The minimum atomic E-state index is -0.690. The smallest absolute Gasteiger partial charge is 0.259 e. The van der Waals surface area contributed by atoms with Gasteiger partial charge in [-0.3, -0.25) is 14.5 Å². The number of nitrogens with zero attached hydrogens (tertiary/aromatic N) is 1. The van der Waals surface area contributed by atoms with Gasteiger partial charge >= 0.3 is 0 Å². The molecule has 0 radical (unpaired) electrons. The highest BCUT2D eigenvalue weighted by Gasteiger charge is 2.33. The van der Waals surface area contributed by atoms with Crippen molar-refractivity contribution in [2.24, 2.45) is 0 Å². The van der Waals surface area contributed by atoms with Crippen molar-refractivity contribution in [1.82, 2.24) is 0 Å². The van der Waals surface area contributed by atoms with E-state index in [4.69, 9.17) is 0 Å². The number of hydrogen-bond acceptors (Lipinski definition) is 3. The molecule has 3 rings (SSSR count). The molecule has 3 aromatic carbocycles. The lowest BCUT2D eigenvalue weighted by molar-refractivity contribution is -0.112. The number of benzene rings is 3. The average Bonchev–Trinajstić information content (AvgIpc) is 2.95. The standard InChI is InChI=1S/C33H41NO2S/c1-2-3-4-5-6-7-8-9-10-20-27-37-33(36)31(28-21-14-11-15-22-28)34(30-25-18-13-19-26-30)32(35)29-23-16-12-17-24-29/h11-19,21-26,31H,2-10,20,27H2,1H3. The van der Waals surface area contributed by atoms with Crippen molar-refractivity contribution < 1.29 is 9.59 Å². The Morgan fingerprint density at radius 2 is 1.14 bits per heavy atom. The molecule has 0 aromatic heterocycles. The zero-order valence-electron chi connectivity index (χ0n) is 22.2. The number of anilines is 1. The number of para-hydroxylation sites is 1. The Morgan fingerprint density at radius 1 is 0.649 bits per heavy atom. The van der Waals surface area contributed by atoms with Gasteiger partial charge in [-0.2, -0.15) is 0 Å². The quantitative estimate of drug-likeness (QED) is 0.178. The Labute approximate surface area is 227 Å². The molecule has 1 unspecified atom stereocenters. The molecule has 0 aliphatic heterocycles. The van der Waals surface area contributed by atoms with E-state index in [2.05, 4.69) is 6.92 Å². The molecule has 37 heavy (non-hydrogen) atoms. The average molecular weight is 516 g/mol. The maximum atomic E-state index is 13.8. The lowest BCUT2D eigenvalue weighted by Gasteiger charge is -2.31. The molecule has 0 N–H and O–H groups in total. The van der Waals surface area contributed by atoms with Crippen molar-refractivity contribution in [3.05, 3.63) is 102 Å². The Kier molecular flexibility index (Phi) is 13.0. The lowest BCUT2D eigenvalue weighted by Crippen LogP contribution is -2.38. The first-order chi connectivity index (χ1) is 18.2. The van der Waals surface area contributed by atoms with Crippen molar-refractivity contribution in [2.45, 2.75) is 77.2 Å². The molecule has 0 heterocycles. The van der Waals surface area contributed by atoms with E-state index < -0.39 is 6.04 Å². The molecule has 4 heteroatoms. The summed E-state index contributed by atoms with van der Waals surface area (Å²) in [5, 5.41) is 0.00950. The van der Waals surface area contributed by atoms with Crippen LogP contribution < -0.4 is 4.90 Å². The van der Waals surface area contributed by atoms with Gasteiger partial charge in [0.1, 0.15) is 6.04 Å². The summed E-state index contributed by atoms with van der Waals surface area (Å²) in [5.41, 5.74) is 2.12. The van der Waals surface area contributed by atoms with Crippen molar-refractivity contribution in [2.75, 3.05) is 10.7 Å². The lowest BCUT2D eigenvalue weighted by atomic mass is 10.0. The normalized spacial score (nSPS) is 11.7. The minimum absolute atomic E-state index is 0.00950. The second kappa shape index (κ2) is 16.8. The van der Waals surface area contributed by atoms with Crippen LogP contribution in [-0.2, 0) is 4.79 Å². The molecule has 1 amide bonds. The van der Waals surface area contributed by atoms with Crippen LogP contribution in [0.2, 0.25) is 0 Å². The van der Waals surface area contributed by atoms with E-state index in [1.165, 1.54) is 63.1 Å². The number of rotatable bonds is 16. The predicted octanol–water partition coefficient (Wildman–Crippen LogP) is 9.26. The van der Waals surface area contributed by atoms with Crippen molar-refractivity contribution in [1.29, 1.82) is 0 Å². The molecular weight excluding hydrogens is 474 g/mol. The third-order valence-corrected chi connectivity index (χ3v) is 7.61. The Balaban J connectivity index is 1.65. The van der Waals surface area contributed by atoms with Gasteiger partial charge in [-0.05, 0) is 36.2 Å². The van der Waals surface area contributed by atoms with Crippen LogP contribution in [0.1, 0.15) is 93.1 Å². The van der Waals surface area contributed by atoms with Gasteiger partial charge in [0.2, 0.25) is 5.12 Å². The highest BCUT2D eigenvalue weighted by molar-refractivity contribution is 8.13. The highest BCUT2D eigenvalue weighted by Crippen LogP contribution is 2.33. The molecule has 1 atom stereocenters. The molecule has 0 saturated heterocycles. The summed E-state index contributed by atoms with van der Waals surface area (Å²) >= 11 is 1.36. The van der Waals surface area contributed by atoms with Gasteiger partial charge in [-0.1, -0.05) is 143 Å². The van der Waals surface area contributed by atoms with Crippen LogP contribution >= 0.6 is 11.8 Å². The van der Waals surface area contributed by atoms with E-state index >= 15 is 0 Å². The molecule has 0 spiro atoms. The molecule has 0 aliphatic carbocycles. The summed E-state index contributed by atoms with van der Waals surface area (Å²) in [6, 6.07) is 27.8. The van der Waals surface area contributed by atoms with E-state index in [0.29, 0.717) is 5.56 Å². The fourth-order valence-corrected chi connectivity index (χ4v) is 5.51. The monoisotopic (exact) mass is 515 g/mol. The minimum Gasteiger partial charge on any atom is -0.293 e. The number of thioether (sulfide) groups is 1. The maximum Gasteiger partial charge on any atom is 0.259 e. The SMILES string of the molecule is CCCCCCCCCCCCSC(=O)C(c1ccccc1)N(C(=O)c1ccccc1)c1ccccc1. The Bertz CT molecular complexity index is 1040. The van der Waals surface area contributed by atoms with Crippen LogP contribution in [0.5, 0.6) is 0 Å². The summed E-state index contributed by atoms with van der Waals surface area (Å²) < 4.78 is 0. The van der Waals surface area contributed by atoms with E-state index in [0.717, 1.165) is 29.8 Å². The number of unbranched alkanes of at least 4 members (excludes halogenated alkanes) is 9. The molecule has 196 valence electrons. The summed E-state index contributed by atoms with van der Waals surface area (Å²) in [6.07, 6.45) is 12.7. The summed E-state index contributed by atoms with van der Waals surface area (Å²) in [7, 11) is 0.